The maximum atomic E-state index is 14.3. The van der Waals surface area contributed by atoms with Crippen molar-refractivity contribution in [1.29, 1.82) is 0 Å². The summed E-state index contributed by atoms with van der Waals surface area (Å²) in [6.07, 6.45) is 3.42. The SMILES string of the molecule is C=NNc1ccc(Cn2cc3c(=O)n(-c4ccccc4F)nc-3c3cccnc32)cc1. The van der Waals surface area contributed by atoms with Crippen LogP contribution in [0.2, 0.25) is 0 Å². The van der Waals surface area contributed by atoms with Crippen LogP contribution in [0.5, 0.6) is 0 Å². The van der Waals surface area contributed by atoms with Crippen molar-refractivity contribution in [2.75, 3.05) is 5.43 Å². The van der Waals surface area contributed by atoms with Crippen LogP contribution in [-0.4, -0.2) is 26.0 Å². The lowest BCUT2D eigenvalue weighted by Crippen LogP contribution is -2.16. The highest BCUT2D eigenvalue weighted by molar-refractivity contribution is 5.91. The number of aromatic nitrogens is 4. The van der Waals surface area contributed by atoms with Gasteiger partial charge in [0.1, 0.15) is 22.8 Å². The van der Waals surface area contributed by atoms with Gasteiger partial charge in [-0.05, 0) is 42.0 Å². The molecule has 0 bridgehead atoms. The largest absolute Gasteiger partial charge is 0.327 e. The van der Waals surface area contributed by atoms with Crippen LogP contribution in [0.1, 0.15) is 5.56 Å². The maximum Gasteiger partial charge on any atom is 0.282 e. The molecular formula is C23H17FN6O. The molecule has 2 aromatic carbocycles. The number of nitrogens with one attached hydrogen (secondary N) is 1. The summed E-state index contributed by atoms with van der Waals surface area (Å²) >= 11 is 0. The van der Waals surface area contributed by atoms with Crippen LogP contribution < -0.4 is 11.0 Å². The smallest absolute Gasteiger partial charge is 0.282 e. The van der Waals surface area contributed by atoms with E-state index in [2.05, 4.69) is 27.3 Å². The van der Waals surface area contributed by atoms with Gasteiger partial charge in [0.05, 0.1) is 11.3 Å². The third-order valence-corrected chi connectivity index (χ3v) is 5.07. The van der Waals surface area contributed by atoms with Crippen LogP contribution in [-0.2, 0) is 6.54 Å². The van der Waals surface area contributed by atoms with Gasteiger partial charge >= 0.3 is 0 Å². The molecule has 1 aromatic heterocycles. The summed E-state index contributed by atoms with van der Waals surface area (Å²) in [6, 6.07) is 17.5. The Morgan fingerprint density at radius 1 is 1.06 bits per heavy atom. The molecule has 3 aromatic rings. The highest BCUT2D eigenvalue weighted by atomic mass is 19.1. The Kier molecular flexibility index (Phi) is 4.51. The minimum Gasteiger partial charge on any atom is -0.327 e. The minimum absolute atomic E-state index is 0.117. The Bertz CT molecular complexity index is 1440. The number of fused-ring (bicyclic) bond motifs is 3. The van der Waals surface area contributed by atoms with E-state index in [4.69, 9.17) is 0 Å². The van der Waals surface area contributed by atoms with E-state index in [1.807, 2.05) is 34.9 Å². The normalized spacial score (nSPS) is 11.1. The summed E-state index contributed by atoms with van der Waals surface area (Å²) in [5.74, 6) is -0.509. The molecule has 0 saturated heterocycles. The number of benzene rings is 2. The minimum atomic E-state index is -0.509. The van der Waals surface area contributed by atoms with E-state index in [9.17, 15) is 9.18 Å². The van der Waals surface area contributed by atoms with Gasteiger partial charge in [0.25, 0.3) is 5.56 Å². The second-order valence-electron chi connectivity index (χ2n) is 7.03. The number of para-hydroxylation sites is 1. The first-order valence-corrected chi connectivity index (χ1v) is 9.58. The molecule has 2 aliphatic rings. The number of anilines is 1. The Hall–Kier alpha value is -4.33. The molecule has 0 aliphatic carbocycles. The monoisotopic (exact) mass is 412 g/mol. The van der Waals surface area contributed by atoms with Gasteiger partial charge < -0.3 is 4.57 Å². The quantitative estimate of drug-likeness (QED) is 0.351. The van der Waals surface area contributed by atoms with E-state index in [0.717, 1.165) is 21.3 Å². The lowest BCUT2D eigenvalue weighted by atomic mass is 10.1. The Balaban J connectivity index is 1.68. The Morgan fingerprint density at radius 2 is 1.87 bits per heavy atom. The van der Waals surface area contributed by atoms with Crippen molar-refractivity contribution in [2.45, 2.75) is 6.54 Å². The van der Waals surface area contributed by atoms with Gasteiger partial charge in [0.2, 0.25) is 0 Å². The fourth-order valence-electron chi connectivity index (χ4n) is 3.64. The van der Waals surface area contributed by atoms with Gasteiger partial charge in [-0.25, -0.2) is 9.37 Å². The van der Waals surface area contributed by atoms with Crippen LogP contribution >= 0.6 is 0 Å². The highest BCUT2D eigenvalue weighted by Gasteiger charge is 2.22. The molecule has 0 atom stereocenters. The zero-order valence-electron chi connectivity index (χ0n) is 16.4. The molecule has 0 fully saturated rings. The first kappa shape index (κ1) is 18.7. The second-order valence-corrected chi connectivity index (χ2v) is 7.03. The zero-order chi connectivity index (χ0) is 21.4. The molecule has 152 valence electrons. The first-order chi connectivity index (χ1) is 15.2. The molecular weight excluding hydrogens is 395 g/mol. The summed E-state index contributed by atoms with van der Waals surface area (Å²) < 4.78 is 17.3. The zero-order valence-corrected chi connectivity index (χ0v) is 16.4. The number of hydrazone groups is 1. The highest BCUT2D eigenvalue weighted by Crippen LogP contribution is 2.28. The van der Waals surface area contributed by atoms with E-state index in [1.54, 1.807) is 30.6 Å². The van der Waals surface area contributed by atoms with E-state index >= 15 is 0 Å². The van der Waals surface area contributed by atoms with Crippen LogP contribution in [0, 0.1) is 5.82 Å². The van der Waals surface area contributed by atoms with Crippen molar-refractivity contribution in [3.05, 3.63) is 94.8 Å². The van der Waals surface area contributed by atoms with Crippen LogP contribution in [0.25, 0.3) is 28.0 Å². The standard InChI is InChI=1S/C23H17FN6O/c1-25-27-16-10-8-15(9-11-16)13-29-14-18-21(17-5-4-12-26-22(17)29)28-30(23(18)31)20-7-3-2-6-19(20)24/h2-12,14,27H,1,13H2. The average molecular weight is 412 g/mol. The molecule has 0 saturated carbocycles. The van der Waals surface area contributed by atoms with Gasteiger partial charge in [0, 0.05) is 31.0 Å². The number of nitrogens with zero attached hydrogens (tertiary/aromatic N) is 5. The predicted molar refractivity (Wildman–Crippen MR) is 118 cm³/mol. The number of hydrogen-bond acceptors (Lipinski definition) is 5. The first-order valence-electron chi connectivity index (χ1n) is 9.58. The maximum absolute atomic E-state index is 14.3. The molecule has 7 nitrogen and oxygen atoms in total. The third-order valence-electron chi connectivity index (χ3n) is 5.07. The van der Waals surface area contributed by atoms with Crippen molar-refractivity contribution in [3.8, 4) is 16.9 Å². The second kappa shape index (κ2) is 7.49. The summed E-state index contributed by atoms with van der Waals surface area (Å²) in [4.78, 5) is 17.6. The van der Waals surface area contributed by atoms with Gasteiger partial charge in [-0.1, -0.05) is 24.3 Å². The van der Waals surface area contributed by atoms with Gasteiger partial charge in [-0.2, -0.15) is 14.9 Å². The molecule has 5 rings (SSSR count). The molecule has 2 aliphatic heterocycles. The number of pyridine rings is 2. The summed E-state index contributed by atoms with van der Waals surface area (Å²) in [5, 5.41) is 8.81. The van der Waals surface area contributed by atoms with Gasteiger partial charge in [-0.15, -0.1) is 0 Å². The lowest BCUT2D eigenvalue weighted by Gasteiger charge is -2.13. The van der Waals surface area contributed by atoms with Crippen molar-refractivity contribution in [2.24, 2.45) is 5.10 Å². The molecule has 1 N–H and O–H groups in total. The topological polar surface area (TPSA) is 77.1 Å². The third kappa shape index (κ3) is 3.24. The van der Waals surface area contributed by atoms with Gasteiger partial charge in [-0.3, -0.25) is 10.2 Å². The molecule has 0 amide bonds. The van der Waals surface area contributed by atoms with Crippen LogP contribution in [0.15, 0.2) is 83.0 Å². The fraction of sp³-hybridized carbons (Fsp3) is 0.0435. The summed E-state index contributed by atoms with van der Waals surface area (Å²) in [6.45, 7) is 3.91. The lowest BCUT2D eigenvalue weighted by molar-refractivity contribution is 0.609. The summed E-state index contributed by atoms with van der Waals surface area (Å²) in [5.41, 5.74) is 5.95. The fourth-order valence-corrected chi connectivity index (χ4v) is 3.64. The number of rotatable bonds is 5. The molecule has 0 unspecified atom stereocenters. The predicted octanol–water partition coefficient (Wildman–Crippen LogP) is 3.90. The molecule has 0 radical (unpaired) electrons. The molecule has 0 spiro atoms. The Labute approximate surface area is 176 Å². The van der Waals surface area contributed by atoms with E-state index in [0.29, 0.717) is 23.4 Å². The van der Waals surface area contributed by atoms with Crippen molar-refractivity contribution >= 4 is 23.4 Å². The van der Waals surface area contributed by atoms with Crippen molar-refractivity contribution < 1.29 is 4.39 Å². The Morgan fingerprint density at radius 3 is 2.65 bits per heavy atom. The van der Waals surface area contributed by atoms with Gasteiger partial charge in [0.15, 0.2) is 0 Å². The van der Waals surface area contributed by atoms with Crippen LogP contribution in [0.3, 0.4) is 0 Å². The van der Waals surface area contributed by atoms with Crippen molar-refractivity contribution in [3.63, 3.8) is 0 Å². The van der Waals surface area contributed by atoms with E-state index < -0.39 is 5.82 Å². The molecule has 8 heteroatoms. The summed E-state index contributed by atoms with van der Waals surface area (Å²) in [7, 11) is 0. The van der Waals surface area contributed by atoms with Crippen molar-refractivity contribution in [1.82, 2.24) is 19.3 Å². The van der Waals surface area contributed by atoms with E-state index in [1.165, 1.54) is 12.1 Å². The number of halogens is 1. The van der Waals surface area contributed by atoms with Crippen LogP contribution in [0.4, 0.5) is 10.1 Å². The molecule has 31 heavy (non-hydrogen) atoms. The van der Waals surface area contributed by atoms with E-state index in [-0.39, 0.29) is 11.2 Å². The molecule has 3 heterocycles. The number of hydrogen-bond donors (Lipinski definition) is 1. The average Bonchev–Trinajstić information content (AvgIpc) is 3.12.